The molecule has 32 heavy (non-hydrogen) atoms. The maximum atomic E-state index is 12.6. The third-order valence-electron chi connectivity index (χ3n) is 7.32. The van der Waals surface area contributed by atoms with E-state index in [1.165, 1.54) is 50.3 Å². The molecule has 0 unspecified atom stereocenters. The van der Waals surface area contributed by atoms with E-state index >= 15 is 0 Å². The van der Waals surface area contributed by atoms with Crippen molar-refractivity contribution in [2.75, 3.05) is 17.7 Å². The van der Waals surface area contributed by atoms with Crippen LogP contribution in [0.1, 0.15) is 51.3 Å². The average Bonchev–Trinajstić information content (AvgIpc) is 3.17. The summed E-state index contributed by atoms with van der Waals surface area (Å²) in [7, 11) is 0. The molecule has 0 aliphatic heterocycles. The van der Waals surface area contributed by atoms with Crippen molar-refractivity contribution in [2.24, 2.45) is 17.8 Å². The summed E-state index contributed by atoms with van der Waals surface area (Å²) in [4.78, 5) is 12.6. The Kier molecular flexibility index (Phi) is 6.01. The lowest BCUT2D eigenvalue weighted by Gasteiger charge is -2.56. The number of carbonyl (C=O) groups excluding carboxylic acids is 1. The van der Waals surface area contributed by atoms with Crippen LogP contribution in [0, 0.1) is 17.8 Å². The molecular weight excluding hydrogens is 420 g/mol. The van der Waals surface area contributed by atoms with Crippen molar-refractivity contribution in [2.45, 2.75) is 62.6 Å². The first kappa shape index (κ1) is 21.6. The van der Waals surface area contributed by atoms with E-state index in [9.17, 15) is 4.79 Å². The Labute approximate surface area is 194 Å². The quantitative estimate of drug-likeness (QED) is 0.425. The van der Waals surface area contributed by atoms with Crippen LogP contribution in [-0.4, -0.2) is 33.0 Å². The molecule has 4 aliphatic carbocycles. The van der Waals surface area contributed by atoms with Crippen LogP contribution in [0.3, 0.4) is 0 Å². The predicted molar refractivity (Wildman–Crippen MR) is 127 cm³/mol. The lowest BCUT2D eigenvalue weighted by atomic mass is 9.49. The van der Waals surface area contributed by atoms with Crippen molar-refractivity contribution in [1.82, 2.24) is 14.8 Å². The number of thioether (sulfide) groups is 1. The standard InChI is InChI=1S/C25H32N4O2S/c1-3-9-29-23(25-13-17-10-18(14-25)12-19(11-17)15-25)27-28-24(29)32-16-22(30)26-20-5-7-21(8-6-20)31-4-2/h3,5-8,17-19H,1,4,9-16H2,2H3,(H,26,30). The fraction of sp³-hybridized carbons (Fsp3) is 0.560. The number of nitrogens with one attached hydrogen (secondary N) is 1. The summed E-state index contributed by atoms with van der Waals surface area (Å²) < 4.78 is 7.67. The number of hydrogen-bond donors (Lipinski definition) is 1. The highest BCUT2D eigenvalue weighted by Crippen LogP contribution is 2.60. The van der Waals surface area contributed by atoms with Crippen molar-refractivity contribution in [1.29, 1.82) is 0 Å². The van der Waals surface area contributed by atoms with E-state index in [0.717, 1.165) is 40.2 Å². The van der Waals surface area contributed by atoms with Crippen LogP contribution in [0.5, 0.6) is 5.75 Å². The average molecular weight is 453 g/mol. The Balaban J connectivity index is 1.27. The van der Waals surface area contributed by atoms with Crippen LogP contribution < -0.4 is 10.1 Å². The number of carbonyl (C=O) groups is 1. The van der Waals surface area contributed by atoms with Gasteiger partial charge in [-0.15, -0.1) is 16.8 Å². The number of amides is 1. The van der Waals surface area contributed by atoms with Gasteiger partial charge in [0.1, 0.15) is 11.6 Å². The second kappa shape index (κ2) is 8.93. The second-order valence-electron chi connectivity index (χ2n) is 9.70. The minimum absolute atomic E-state index is 0.0522. The first-order valence-electron chi connectivity index (χ1n) is 11.8. The van der Waals surface area contributed by atoms with E-state index in [1.54, 1.807) is 0 Å². The van der Waals surface area contributed by atoms with E-state index in [-0.39, 0.29) is 11.3 Å². The summed E-state index contributed by atoms with van der Waals surface area (Å²) in [6, 6.07) is 7.45. The Bertz CT molecular complexity index is 949. The minimum Gasteiger partial charge on any atom is -0.494 e. The van der Waals surface area contributed by atoms with Crippen LogP contribution in [-0.2, 0) is 16.8 Å². The number of allylic oxidation sites excluding steroid dienone is 1. The summed E-state index contributed by atoms with van der Waals surface area (Å²) in [5.74, 6) is 4.73. The summed E-state index contributed by atoms with van der Waals surface area (Å²) in [6.07, 6.45) is 9.87. The molecule has 1 aromatic carbocycles. The third kappa shape index (κ3) is 4.19. The predicted octanol–water partition coefficient (Wildman–Crippen LogP) is 5.06. The topological polar surface area (TPSA) is 69.0 Å². The molecule has 1 N–H and O–H groups in total. The van der Waals surface area contributed by atoms with Gasteiger partial charge in [0.05, 0.1) is 12.4 Å². The van der Waals surface area contributed by atoms with Gasteiger partial charge in [-0.1, -0.05) is 17.8 Å². The van der Waals surface area contributed by atoms with Crippen LogP contribution in [0.2, 0.25) is 0 Å². The molecule has 1 aromatic heterocycles. The summed E-state index contributed by atoms with van der Waals surface area (Å²) in [5.41, 5.74) is 0.939. The van der Waals surface area contributed by atoms with Gasteiger partial charge in [0, 0.05) is 17.6 Å². The van der Waals surface area contributed by atoms with Crippen LogP contribution in [0.4, 0.5) is 5.69 Å². The zero-order chi connectivity index (χ0) is 22.1. The second-order valence-corrected chi connectivity index (χ2v) is 10.6. The van der Waals surface area contributed by atoms with Gasteiger partial charge in [0.2, 0.25) is 5.91 Å². The number of hydrogen-bond acceptors (Lipinski definition) is 5. The van der Waals surface area contributed by atoms with Crippen molar-refractivity contribution < 1.29 is 9.53 Å². The fourth-order valence-electron chi connectivity index (χ4n) is 6.59. The van der Waals surface area contributed by atoms with Crippen molar-refractivity contribution in [3.05, 3.63) is 42.7 Å². The molecule has 4 bridgehead atoms. The lowest BCUT2D eigenvalue weighted by molar-refractivity contribution is -0.113. The van der Waals surface area contributed by atoms with Gasteiger partial charge in [-0.25, -0.2) is 0 Å². The van der Waals surface area contributed by atoms with E-state index in [1.807, 2.05) is 37.3 Å². The summed E-state index contributed by atoms with van der Waals surface area (Å²) in [6.45, 7) is 7.22. The number of nitrogens with zero attached hydrogens (tertiary/aromatic N) is 3. The number of anilines is 1. The van der Waals surface area contributed by atoms with E-state index in [0.29, 0.717) is 18.9 Å². The van der Waals surface area contributed by atoms with Gasteiger partial charge in [-0.2, -0.15) is 0 Å². The molecule has 4 aliphatic rings. The molecule has 0 radical (unpaired) electrons. The van der Waals surface area contributed by atoms with Crippen LogP contribution in [0.25, 0.3) is 0 Å². The van der Waals surface area contributed by atoms with Crippen molar-refractivity contribution in [3.63, 3.8) is 0 Å². The monoisotopic (exact) mass is 452 g/mol. The Morgan fingerprint density at radius 1 is 1.19 bits per heavy atom. The molecule has 0 saturated heterocycles. The SMILES string of the molecule is C=CCn1c(SCC(=O)Nc2ccc(OCC)cc2)nnc1C12CC3CC(CC(C3)C1)C2. The molecule has 1 heterocycles. The first-order chi connectivity index (χ1) is 15.6. The number of rotatable bonds is 9. The summed E-state index contributed by atoms with van der Waals surface area (Å²) in [5, 5.41) is 13.0. The Hall–Kier alpha value is -2.28. The highest BCUT2D eigenvalue weighted by molar-refractivity contribution is 7.99. The van der Waals surface area contributed by atoms with E-state index in [4.69, 9.17) is 9.84 Å². The molecule has 1 amide bonds. The van der Waals surface area contributed by atoms with Gasteiger partial charge in [0.25, 0.3) is 0 Å². The number of aromatic nitrogens is 3. The van der Waals surface area contributed by atoms with Crippen LogP contribution >= 0.6 is 11.8 Å². The van der Waals surface area contributed by atoms with Gasteiger partial charge < -0.3 is 14.6 Å². The lowest BCUT2D eigenvalue weighted by Crippen LogP contribution is -2.49. The first-order valence-corrected chi connectivity index (χ1v) is 12.8. The van der Waals surface area contributed by atoms with Crippen molar-refractivity contribution >= 4 is 23.4 Å². The highest BCUT2D eigenvalue weighted by Gasteiger charge is 2.53. The molecule has 0 spiro atoms. The Morgan fingerprint density at radius 3 is 2.44 bits per heavy atom. The Morgan fingerprint density at radius 2 is 1.84 bits per heavy atom. The smallest absolute Gasteiger partial charge is 0.234 e. The van der Waals surface area contributed by atoms with Crippen LogP contribution in [0.15, 0.2) is 42.1 Å². The molecule has 6 nitrogen and oxygen atoms in total. The zero-order valence-electron chi connectivity index (χ0n) is 18.8. The number of benzene rings is 1. The van der Waals surface area contributed by atoms with E-state index < -0.39 is 0 Å². The van der Waals surface area contributed by atoms with Gasteiger partial charge >= 0.3 is 0 Å². The zero-order valence-corrected chi connectivity index (χ0v) is 19.6. The number of ether oxygens (including phenoxy) is 1. The largest absolute Gasteiger partial charge is 0.494 e. The molecule has 2 aromatic rings. The molecule has 6 rings (SSSR count). The van der Waals surface area contributed by atoms with E-state index in [2.05, 4.69) is 21.6 Å². The maximum Gasteiger partial charge on any atom is 0.234 e. The third-order valence-corrected chi connectivity index (χ3v) is 8.29. The minimum atomic E-state index is -0.0522. The molecule has 4 saturated carbocycles. The molecule has 0 atom stereocenters. The highest BCUT2D eigenvalue weighted by atomic mass is 32.2. The summed E-state index contributed by atoms with van der Waals surface area (Å²) >= 11 is 1.46. The van der Waals surface area contributed by atoms with Gasteiger partial charge in [-0.3, -0.25) is 4.79 Å². The molecular formula is C25H32N4O2S. The maximum absolute atomic E-state index is 12.6. The van der Waals surface area contributed by atoms with Crippen molar-refractivity contribution in [3.8, 4) is 5.75 Å². The fourth-order valence-corrected chi connectivity index (χ4v) is 7.34. The molecule has 4 fully saturated rings. The normalized spacial score (nSPS) is 28.0. The molecule has 7 heteroatoms. The van der Waals surface area contributed by atoms with Gasteiger partial charge in [-0.05, 0) is 87.5 Å². The molecule has 170 valence electrons. The van der Waals surface area contributed by atoms with Gasteiger partial charge in [0.15, 0.2) is 5.16 Å².